The smallest absolute Gasteiger partial charge is 0.222 e. The van der Waals surface area contributed by atoms with Gasteiger partial charge in [0.15, 0.2) is 11.5 Å². The first-order chi connectivity index (χ1) is 7.84. The Morgan fingerprint density at radius 1 is 0.706 bits per heavy atom. The van der Waals surface area contributed by atoms with Crippen LogP contribution in [0, 0.1) is 0 Å². The maximum atomic E-state index is 11.5. The molecule has 17 heavy (non-hydrogen) atoms. The second-order valence-electron chi connectivity index (χ2n) is 3.03. The summed E-state index contributed by atoms with van der Waals surface area (Å²) in [6, 6.07) is 17.8. The molecule has 2 aromatic carbocycles. The summed E-state index contributed by atoms with van der Waals surface area (Å²) < 4.78 is 21.7. The molecule has 0 aliphatic heterocycles. The van der Waals surface area contributed by atoms with Gasteiger partial charge in [0.1, 0.15) is 0 Å². The largest absolute Gasteiger partial charge is 0.805 e. The Morgan fingerprint density at radius 3 is 1.41 bits per heavy atom. The first-order valence-electron chi connectivity index (χ1n) is 4.78. The summed E-state index contributed by atoms with van der Waals surface area (Å²) in [6.45, 7) is 0. The van der Waals surface area contributed by atoms with Gasteiger partial charge in [0.25, 0.3) is 0 Å². The van der Waals surface area contributed by atoms with Crippen LogP contribution in [-0.2, 0) is 21.6 Å². The first-order valence-corrected chi connectivity index (χ1v) is 5.87. The van der Waals surface area contributed by atoms with Crippen LogP contribution in [-0.4, -0.2) is 0 Å². The van der Waals surface area contributed by atoms with E-state index in [1.54, 1.807) is 48.5 Å². The molecule has 0 bridgehead atoms. The molecule has 0 heterocycles. The second-order valence-corrected chi connectivity index (χ2v) is 3.84. The van der Waals surface area contributed by atoms with Crippen LogP contribution in [0.15, 0.2) is 60.7 Å². The fourth-order valence-corrected chi connectivity index (χ4v) is 1.78. The van der Waals surface area contributed by atoms with Crippen molar-refractivity contribution in [2.24, 2.45) is 0 Å². The molecular formula is C12H10CuO3P+. The Bertz CT molecular complexity index is 418. The van der Waals surface area contributed by atoms with E-state index < -0.39 is 8.25 Å². The van der Waals surface area contributed by atoms with Gasteiger partial charge in [-0.15, -0.1) is 0 Å². The van der Waals surface area contributed by atoms with E-state index in [4.69, 9.17) is 9.05 Å². The van der Waals surface area contributed by atoms with Gasteiger partial charge >= 0.3 is 8.25 Å². The van der Waals surface area contributed by atoms with Gasteiger partial charge < -0.3 is 0 Å². The van der Waals surface area contributed by atoms with Gasteiger partial charge in [0.2, 0.25) is 0 Å². The third kappa shape index (κ3) is 4.58. The van der Waals surface area contributed by atoms with E-state index >= 15 is 0 Å². The Morgan fingerprint density at radius 2 is 1.06 bits per heavy atom. The second kappa shape index (κ2) is 7.08. The molecule has 0 aliphatic carbocycles. The molecule has 1 radical (unpaired) electrons. The minimum absolute atomic E-state index is 0. The Labute approximate surface area is 111 Å². The summed E-state index contributed by atoms with van der Waals surface area (Å²) in [5, 5.41) is 0. The van der Waals surface area contributed by atoms with Crippen LogP contribution in [0.5, 0.6) is 11.5 Å². The fraction of sp³-hybridized carbons (Fsp3) is 0. The van der Waals surface area contributed by atoms with Gasteiger partial charge in [0, 0.05) is 21.6 Å². The maximum absolute atomic E-state index is 11.5. The topological polar surface area (TPSA) is 35.5 Å². The Kier molecular flexibility index (Phi) is 5.71. The number of para-hydroxylation sites is 2. The Hall–Kier alpha value is -1.34. The summed E-state index contributed by atoms with van der Waals surface area (Å²) in [5.41, 5.74) is 0. The average Bonchev–Trinajstić information content (AvgIpc) is 2.31. The summed E-state index contributed by atoms with van der Waals surface area (Å²) in [7, 11) is -2.18. The zero-order valence-corrected chi connectivity index (χ0v) is 10.6. The van der Waals surface area contributed by atoms with E-state index in [2.05, 4.69) is 0 Å². The van der Waals surface area contributed by atoms with E-state index in [0.717, 1.165) is 0 Å². The molecule has 5 heteroatoms. The third-order valence-corrected chi connectivity index (χ3v) is 2.57. The minimum atomic E-state index is -2.18. The van der Waals surface area contributed by atoms with Gasteiger partial charge in [-0.2, -0.15) is 0 Å². The molecule has 0 fully saturated rings. The standard InChI is InChI=1S/C12H10O3P.Cu/c13-16(14-11-7-3-1-4-8-11)15-12-9-5-2-6-10-12;/h1-10H;/q+1;. The fourth-order valence-electron chi connectivity index (χ4n) is 1.15. The van der Waals surface area contributed by atoms with Crippen LogP contribution < -0.4 is 9.05 Å². The normalized spacial score (nSPS) is 8.94. The predicted octanol–water partition coefficient (Wildman–Crippen LogP) is 3.80. The zero-order chi connectivity index (χ0) is 11.2. The molecule has 0 atom stereocenters. The molecule has 0 aromatic heterocycles. The van der Waals surface area contributed by atoms with Crippen LogP contribution in [0.4, 0.5) is 0 Å². The Balaban J connectivity index is 0.00000144. The molecule has 0 unspecified atom stereocenters. The first kappa shape index (κ1) is 13.7. The molecule has 2 aromatic rings. The number of hydrogen-bond acceptors (Lipinski definition) is 3. The molecule has 3 nitrogen and oxygen atoms in total. The SMILES string of the molecule is O=[P+](Oc1ccccc1)Oc1ccccc1.[Cu]. The van der Waals surface area contributed by atoms with Crippen molar-refractivity contribution in [3.8, 4) is 11.5 Å². The number of rotatable bonds is 4. The number of benzene rings is 2. The molecule has 91 valence electrons. The van der Waals surface area contributed by atoms with Crippen molar-refractivity contribution in [1.29, 1.82) is 0 Å². The van der Waals surface area contributed by atoms with Gasteiger partial charge in [-0.25, -0.2) is 9.05 Å². The average molecular weight is 297 g/mol. The summed E-state index contributed by atoms with van der Waals surface area (Å²) in [4.78, 5) is 0. The van der Waals surface area contributed by atoms with Gasteiger partial charge in [-0.3, -0.25) is 0 Å². The van der Waals surface area contributed by atoms with Crippen molar-refractivity contribution in [1.82, 2.24) is 0 Å². The molecule has 0 N–H and O–H groups in total. The number of hydrogen-bond donors (Lipinski definition) is 0. The molecule has 0 spiro atoms. The van der Waals surface area contributed by atoms with Gasteiger partial charge in [-0.1, -0.05) is 36.4 Å². The van der Waals surface area contributed by atoms with Gasteiger partial charge in [-0.05, 0) is 24.3 Å². The third-order valence-electron chi connectivity index (χ3n) is 1.85. The van der Waals surface area contributed by atoms with Crippen molar-refractivity contribution in [2.45, 2.75) is 0 Å². The van der Waals surface area contributed by atoms with Crippen molar-refractivity contribution < 1.29 is 30.7 Å². The summed E-state index contributed by atoms with van der Waals surface area (Å²) in [6.07, 6.45) is 0. The summed E-state index contributed by atoms with van der Waals surface area (Å²) >= 11 is 0. The van der Waals surface area contributed by atoms with E-state index in [0.29, 0.717) is 11.5 Å². The van der Waals surface area contributed by atoms with Crippen LogP contribution >= 0.6 is 8.25 Å². The van der Waals surface area contributed by atoms with Crippen LogP contribution in [0.2, 0.25) is 0 Å². The van der Waals surface area contributed by atoms with E-state index in [-0.39, 0.29) is 17.1 Å². The minimum Gasteiger partial charge on any atom is -0.222 e. The zero-order valence-electron chi connectivity index (χ0n) is 8.75. The monoisotopic (exact) mass is 296 g/mol. The molecule has 2 rings (SSSR count). The molecular weight excluding hydrogens is 287 g/mol. The predicted molar refractivity (Wildman–Crippen MR) is 61.7 cm³/mol. The van der Waals surface area contributed by atoms with E-state index in [1.165, 1.54) is 0 Å². The van der Waals surface area contributed by atoms with Crippen LogP contribution in [0.3, 0.4) is 0 Å². The van der Waals surface area contributed by atoms with E-state index in [1.807, 2.05) is 12.1 Å². The summed E-state index contributed by atoms with van der Waals surface area (Å²) in [5.74, 6) is 1.05. The van der Waals surface area contributed by atoms with Crippen LogP contribution in [0.1, 0.15) is 0 Å². The molecule has 0 amide bonds. The van der Waals surface area contributed by atoms with Crippen molar-refractivity contribution in [3.05, 3.63) is 60.7 Å². The van der Waals surface area contributed by atoms with Crippen molar-refractivity contribution >= 4 is 8.25 Å². The maximum Gasteiger partial charge on any atom is 0.805 e. The molecule has 0 saturated carbocycles. The molecule has 0 aliphatic rings. The van der Waals surface area contributed by atoms with Gasteiger partial charge in [0.05, 0.1) is 0 Å². The van der Waals surface area contributed by atoms with Crippen LogP contribution in [0.25, 0.3) is 0 Å². The van der Waals surface area contributed by atoms with Crippen molar-refractivity contribution in [2.75, 3.05) is 0 Å². The van der Waals surface area contributed by atoms with Crippen molar-refractivity contribution in [3.63, 3.8) is 0 Å². The quantitative estimate of drug-likeness (QED) is 0.636. The molecule has 0 saturated heterocycles. The van der Waals surface area contributed by atoms with E-state index in [9.17, 15) is 4.57 Å².